The van der Waals surface area contributed by atoms with E-state index in [1.165, 1.54) is 27.8 Å². The first-order valence-electron chi connectivity index (χ1n) is 10.2. The van der Waals surface area contributed by atoms with Gasteiger partial charge in [-0.15, -0.1) is 0 Å². The molecule has 3 aromatic carbocycles. The van der Waals surface area contributed by atoms with Crippen LogP contribution in [-0.4, -0.2) is 0 Å². The molecule has 1 aliphatic heterocycles. The van der Waals surface area contributed by atoms with Crippen molar-refractivity contribution in [2.75, 3.05) is 11.1 Å². The Hall–Kier alpha value is -2.30. The summed E-state index contributed by atoms with van der Waals surface area (Å²) in [7, 11) is 0. The fraction of sp³-hybridized carbons (Fsp3) is 0.280. The molecular formula is C25H28BrN3. The molecular weight excluding hydrogens is 422 g/mol. The molecule has 4 rings (SSSR count). The third-order valence-electron chi connectivity index (χ3n) is 5.95. The van der Waals surface area contributed by atoms with E-state index < -0.39 is 0 Å². The van der Waals surface area contributed by atoms with Crippen LogP contribution in [0.5, 0.6) is 0 Å². The van der Waals surface area contributed by atoms with Crippen molar-refractivity contribution in [1.82, 2.24) is 5.32 Å². The maximum atomic E-state index is 6.37. The average molecular weight is 450 g/mol. The first-order chi connectivity index (χ1) is 14.0. The number of nitrogen functional groups attached to an aromatic ring is 1. The molecule has 0 aromatic heterocycles. The summed E-state index contributed by atoms with van der Waals surface area (Å²) in [5.74, 6) is 0. The van der Waals surface area contributed by atoms with Crippen molar-refractivity contribution in [1.29, 1.82) is 0 Å². The number of aryl methyl sites for hydroxylation is 2. The standard InChI is InChI=1S/C25H28BrN3/c1-16-3-4-18(13-17(16)2)15-28-25-10-7-20(14-22(25)27)24-12-11-23(29-24)19-5-8-21(26)9-6-19/h3-10,13-14,23-24,28-29H,11-12,15,27H2,1-2H3. The molecule has 0 spiro atoms. The van der Waals surface area contributed by atoms with E-state index in [4.69, 9.17) is 5.73 Å². The number of anilines is 2. The molecule has 1 aliphatic rings. The number of rotatable bonds is 5. The Labute approximate surface area is 181 Å². The quantitative estimate of drug-likeness (QED) is 0.393. The van der Waals surface area contributed by atoms with Crippen molar-refractivity contribution in [3.8, 4) is 0 Å². The highest BCUT2D eigenvalue weighted by Gasteiger charge is 2.26. The van der Waals surface area contributed by atoms with Crippen LogP contribution < -0.4 is 16.4 Å². The largest absolute Gasteiger partial charge is 0.397 e. The van der Waals surface area contributed by atoms with Crippen molar-refractivity contribution in [2.24, 2.45) is 0 Å². The fourth-order valence-electron chi connectivity index (χ4n) is 4.03. The van der Waals surface area contributed by atoms with Crippen LogP contribution in [0.15, 0.2) is 65.1 Å². The van der Waals surface area contributed by atoms with Gasteiger partial charge in [-0.3, -0.25) is 0 Å². The Morgan fingerprint density at radius 3 is 2.28 bits per heavy atom. The zero-order valence-electron chi connectivity index (χ0n) is 17.0. The third-order valence-corrected chi connectivity index (χ3v) is 6.48. The van der Waals surface area contributed by atoms with Gasteiger partial charge in [-0.1, -0.05) is 52.3 Å². The number of halogens is 1. The Kier molecular flexibility index (Phi) is 5.93. The maximum absolute atomic E-state index is 6.37. The third kappa shape index (κ3) is 4.65. The van der Waals surface area contributed by atoms with E-state index in [2.05, 4.69) is 101 Å². The maximum Gasteiger partial charge on any atom is 0.0576 e. The van der Waals surface area contributed by atoms with E-state index in [1.54, 1.807) is 0 Å². The van der Waals surface area contributed by atoms with Gasteiger partial charge in [0.2, 0.25) is 0 Å². The van der Waals surface area contributed by atoms with Crippen LogP contribution in [0.4, 0.5) is 11.4 Å². The lowest BCUT2D eigenvalue weighted by Gasteiger charge is -2.17. The van der Waals surface area contributed by atoms with Gasteiger partial charge in [-0.2, -0.15) is 0 Å². The Balaban J connectivity index is 1.40. The molecule has 0 radical (unpaired) electrons. The molecule has 2 atom stereocenters. The van der Waals surface area contributed by atoms with Crippen molar-refractivity contribution >= 4 is 27.3 Å². The normalized spacial score (nSPS) is 18.7. The highest BCUT2D eigenvalue weighted by Crippen LogP contribution is 2.36. The second kappa shape index (κ2) is 8.60. The van der Waals surface area contributed by atoms with Gasteiger partial charge in [0.25, 0.3) is 0 Å². The lowest BCUT2D eigenvalue weighted by atomic mass is 10.0. The zero-order valence-corrected chi connectivity index (χ0v) is 18.6. The molecule has 1 fully saturated rings. The number of benzene rings is 3. The minimum absolute atomic E-state index is 0.347. The second-order valence-corrected chi connectivity index (χ2v) is 8.94. The summed E-state index contributed by atoms with van der Waals surface area (Å²) >= 11 is 3.51. The topological polar surface area (TPSA) is 50.1 Å². The number of hydrogen-bond acceptors (Lipinski definition) is 3. The highest BCUT2D eigenvalue weighted by atomic mass is 79.9. The van der Waals surface area contributed by atoms with Gasteiger partial charge in [0.1, 0.15) is 0 Å². The Morgan fingerprint density at radius 1 is 0.897 bits per heavy atom. The lowest BCUT2D eigenvalue weighted by Crippen LogP contribution is -2.17. The van der Waals surface area contributed by atoms with Gasteiger partial charge in [-0.05, 0) is 78.8 Å². The monoisotopic (exact) mass is 449 g/mol. The predicted molar refractivity (Wildman–Crippen MR) is 126 cm³/mol. The summed E-state index contributed by atoms with van der Waals surface area (Å²) in [5.41, 5.74) is 14.7. The summed E-state index contributed by atoms with van der Waals surface area (Å²) in [4.78, 5) is 0. The van der Waals surface area contributed by atoms with Gasteiger partial charge >= 0.3 is 0 Å². The summed E-state index contributed by atoms with van der Waals surface area (Å²) in [6.07, 6.45) is 2.26. The van der Waals surface area contributed by atoms with Crippen molar-refractivity contribution in [3.63, 3.8) is 0 Å². The van der Waals surface area contributed by atoms with E-state index >= 15 is 0 Å². The van der Waals surface area contributed by atoms with Crippen molar-refractivity contribution in [3.05, 3.63) is 93.0 Å². The van der Waals surface area contributed by atoms with E-state index in [0.29, 0.717) is 12.1 Å². The first-order valence-corrected chi connectivity index (χ1v) is 11.0. The summed E-state index contributed by atoms with van der Waals surface area (Å²) in [5, 5.41) is 7.25. The van der Waals surface area contributed by atoms with Gasteiger partial charge in [0.05, 0.1) is 11.4 Å². The van der Waals surface area contributed by atoms with Crippen LogP contribution in [0, 0.1) is 13.8 Å². The van der Waals surface area contributed by atoms with Crippen molar-refractivity contribution in [2.45, 2.75) is 45.3 Å². The molecule has 4 heteroatoms. The van der Waals surface area contributed by atoms with Gasteiger partial charge in [0, 0.05) is 23.1 Å². The zero-order chi connectivity index (χ0) is 20.4. The Morgan fingerprint density at radius 2 is 1.59 bits per heavy atom. The molecule has 0 bridgehead atoms. The van der Waals surface area contributed by atoms with Crippen LogP contribution in [0.2, 0.25) is 0 Å². The van der Waals surface area contributed by atoms with Crippen molar-refractivity contribution < 1.29 is 0 Å². The smallest absolute Gasteiger partial charge is 0.0576 e. The summed E-state index contributed by atoms with van der Waals surface area (Å²) < 4.78 is 1.12. The van der Waals surface area contributed by atoms with Crippen LogP contribution in [-0.2, 0) is 6.54 Å². The first kappa shape index (κ1) is 20.0. The summed E-state index contributed by atoms with van der Waals surface area (Å²) in [6.45, 7) is 5.07. The van der Waals surface area contributed by atoms with Gasteiger partial charge < -0.3 is 16.4 Å². The van der Waals surface area contributed by atoms with E-state index in [9.17, 15) is 0 Å². The predicted octanol–water partition coefficient (Wildman–Crippen LogP) is 6.43. The minimum Gasteiger partial charge on any atom is -0.397 e. The number of nitrogens with two attached hydrogens (primary N) is 1. The minimum atomic E-state index is 0.347. The molecule has 3 nitrogen and oxygen atoms in total. The van der Waals surface area contributed by atoms with Gasteiger partial charge in [0.15, 0.2) is 0 Å². The van der Waals surface area contributed by atoms with Crippen LogP contribution in [0.25, 0.3) is 0 Å². The fourth-order valence-corrected chi connectivity index (χ4v) is 4.30. The molecule has 150 valence electrons. The molecule has 1 heterocycles. The molecule has 0 saturated carbocycles. The SMILES string of the molecule is Cc1ccc(CNc2ccc(C3CCC(c4ccc(Br)cc4)N3)cc2N)cc1C. The van der Waals surface area contributed by atoms with Crippen LogP contribution in [0.3, 0.4) is 0 Å². The molecule has 0 amide bonds. The lowest BCUT2D eigenvalue weighted by molar-refractivity contribution is 0.575. The highest BCUT2D eigenvalue weighted by molar-refractivity contribution is 9.10. The second-order valence-electron chi connectivity index (χ2n) is 8.02. The van der Waals surface area contributed by atoms with E-state index in [-0.39, 0.29) is 0 Å². The van der Waals surface area contributed by atoms with Gasteiger partial charge in [-0.25, -0.2) is 0 Å². The molecule has 29 heavy (non-hydrogen) atoms. The van der Waals surface area contributed by atoms with Crippen LogP contribution >= 0.6 is 15.9 Å². The molecule has 4 N–H and O–H groups in total. The number of hydrogen-bond donors (Lipinski definition) is 3. The van der Waals surface area contributed by atoms with Crippen LogP contribution in [0.1, 0.15) is 52.7 Å². The average Bonchev–Trinajstić information content (AvgIpc) is 3.20. The Bertz CT molecular complexity index is 997. The molecule has 1 saturated heterocycles. The summed E-state index contributed by atoms with van der Waals surface area (Å²) in [6, 6.07) is 22.4. The molecule has 2 unspecified atom stereocenters. The number of nitrogens with one attached hydrogen (secondary N) is 2. The van der Waals surface area contributed by atoms with E-state index in [0.717, 1.165) is 35.2 Å². The molecule has 3 aromatic rings. The molecule has 0 aliphatic carbocycles. The van der Waals surface area contributed by atoms with E-state index in [1.807, 2.05) is 0 Å².